The first-order chi connectivity index (χ1) is 15.8. The van der Waals surface area contributed by atoms with Crippen molar-refractivity contribution in [3.8, 4) is 0 Å². The van der Waals surface area contributed by atoms with Crippen molar-refractivity contribution in [2.24, 2.45) is 12.0 Å². The van der Waals surface area contributed by atoms with E-state index in [4.69, 9.17) is 0 Å². The van der Waals surface area contributed by atoms with Crippen LogP contribution in [0.1, 0.15) is 22.3 Å². The summed E-state index contributed by atoms with van der Waals surface area (Å²) in [5.74, 6) is -0.847. The zero-order chi connectivity index (χ0) is 23.2. The summed E-state index contributed by atoms with van der Waals surface area (Å²) in [6.45, 7) is 0.415. The Hall–Kier alpha value is -3.30. The zero-order valence-corrected chi connectivity index (χ0v) is 19.4. The van der Waals surface area contributed by atoms with Crippen LogP contribution in [-0.2, 0) is 23.5 Å². The fourth-order valence-electron chi connectivity index (χ4n) is 4.01. The van der Waals surface area contributed by atoms with Gasteiger partial charge in [-0.05, 0) is 66.9 Å². The number of hydrogen-bond donors (Lipinski definition) is 0. The molecule has 0 saturated heterocycles. The zero-order valence-electron chi connectivity index (χ0n) is 17.7. The Kier molecular flexibility index (Phi) is 5.38. The van der Waals surface area contributed by atoms with Crippen LogP contribution in [0.4, 0.5) is 10.1 Å². The van der Waals surface area contributed by atoms with Gasteiger partial charge in [0.15, 0.2) is 4.80 Å². The van der Waals surface area contributed by atoms with E-state index in [1.807, 2.05) is 24.3 Å². The summed E-state index contributed by atoms with van der Waals surface area (Å²) in [6, 6.07) is 17.7. The Bertz CT molecular complexity index is 1550. The van der Waals surface area contributed by atoms with Crippen molar-refractivity contribution in [2.75, 3.05) is 10.8 Å². The predicted molar refractivity (Wildman–Crippen MR) is 126 cm³/mol. The Morgan fingerprint density at radius 2 is 1.82 bits per heavy atom. The number of halogens is 1. The lowest BCUT2D eigenvalue weighted by molar-refractivity contribution is 0.0998. The van der Waals surface area contributed by atoms with Crippen LogP contribution in [0.3, 0.4) is 0 Å². The van der Waals surface area contributed by atoms with Crippen molar-refractivity contribution in [3.63, 3.8) is 0 Å². The third-order valence-corrected chi connectivity index (χ3v) is 8.65. The molecule has 0 N–H and O–H groups in total. The first kappa shape index (κ1) is 21.5. The van der Waals surface area contributed by atoms with Gasteiger partial charge in [-0.15, -0.1) is 0 Å². The van der Waals surface area contributed by atoms with Crippen LogP contribution in [0, 0.1) is 5.82 Å². The average molecular weight is 482 g/mol. The lowest BCUT2D eigenvalue weighted by Crippen LogP contribution is -2.35. The lowest BCUT2D eigenvalue weighted by atomic mass is 10.0. The molecule has 0 fully saturated rings. The molecule has 5 rings (SSSR count). The van der Waals surface area contributed by atoms with E-state index in [1.165, 1.54) is 52.0 Å². The molecule has 0 spiro atoms. The van der Waals surface area contributed by atoms with Gasteiger partial charge >= 0.3 is 0 Å². The minimum Gasteiger partial charge on any atom is -0.319 e. The molecule has 9 heteroatoms. The van der Waals surface area contributed by atoms with Gasteiger partial charge in [0.05, 0.1) is 20.8 Å². The van der Waals surface area contributed by atoms with E-state index in [1.54, 1.807) is 17.7 Å². The number of para-hydroxylation sites is 1. The smallest absolute Gasteiger partial charge is 0.279 e. The van der Waals surface area contributed by atoms with E-state index < -0.39 is 15.9 Å². The molecule has 1 aliphatic heterocycles. The molecule has 0 atom stereocenters. The summed E-state index contributed by atoms with van der Waals surface area (Å²) in [7, 11) is -1.99. The van der Waals surface area contributed by atoms with Gasteiger partial charge in [0.1, 0.15) is 5.82 Å². The molecule has 6 nitrogen and oxygen atoms in total. The number of hydrogen-bond acceptors (Lipinski definition) is 4. The Morgan fingerprint density at radius 1 is 1.06 bits per heavy atom. The number of benzene rings is 3. The van der Waals surface area contributed by atoms with Gasteiger partial charge in [-0.2, -0.15) is 4.99 Å². The molecule has 1 amide bonds. The molecule has 0 bridgehead atoms. The molecule has 2 heterocycles. The van der Waals surface area contributed by atoms with Crippen molar-refractivity contribution >= 4 is 43.2 Å². The summed E-state index contributed by atoms with van der Waals surface area (Å²) in [4.78, 5) is 17.5. The minimum atomic E-state index is -3.75. The van der Waals surface area contributed by atoms with Gasteiger partial charge in [0.2, 0.25) is 0 Å². The van der Waals surface area contributed by atoms with Crippen molar-refractivity contribution in [1.82, 2.24) is 4.57 Å². The highest BCUT2D eigenvalue weighted by molar-refractivity contribution is 7.92. The van der Waals surface area contributed by atoms with Crippen LogP contribution in [0.15, 0.2) is 76.6 Å². The molecular weight excluding hydrogens is 461 g/mol. The van der Waals surface area contributed by atoms with Crippen molar-refractivity contribution in [3.05, 3.63) is 88.5 Å². The maximum Gasteiger partial charge on any atom is 0.279 e. The lowest BCUT2D eigenvalue weighted by Gasteiger charge is -2.30. The molecule has 0 unspecified atom stereocenters. The number of thiazole rings is 1. The van der Waals surface area contributed by atoms with Crippen LogP contribution in [-0.4, -0.2) is 25.4 Å². The highest BCUT2D eigenvalue weighted by Crippen LogP contribution is 2.31. The summed E-state index contributed by atoms with van der Waals surface area (Å²) < 4.78 is 43.9. The second kappa shape index (κ2) is 8.24. The van der Waals surface area contributed by atoms with Crippen LogP contribution < -0.4 is 9.11 Å². The van der Waals surface area contributed by atoms with Gasteiger partial charge in [0.25, 0.3) is 15.9 Å². The number of amides is 1. The third-order valence-electron chi connectivity index (χ3n) is 5.73. The van der Waals surface area contributed by atoms with Crippen molar-refractivity contribution in [1.29, 1.82) is 0 Å². The predicted octanol–water partition coefficient (Wildman–Crippen LogP) is 4.26. The van der Waals surface area contributed by atoms with E-state index in [-0.39, 0.29) is 16.3 Å². The number of anilines is 1. The molecule has 1 aliphatic rings. The number of carbonyl (C=O) groups excluding carboxylic acids is 1. The molecule has 0 radical (unpaired) electrons. The van der Waals surface area contributed by atoms with E-state index in [9.17, 15) is 17.6 Å². The van der Waals surface area contributed by atoms with Crippen molar-refractivity contribution in [2.45, 2.75) is 17.7 Å². The maximum atomic E-state index is 13.5. The number of rotatable bonds is 3. The molecule has 4 aromatic rings. The Labute approximate surface area is 194 Å². The molecule has 3 aromatic carbocycles. The fourth-order valence-corrected chi connectivity index (χ4v) is 6.59. The Balaban J connectivity index is 1.45. The summed E-state index contributed by atoms with van der Waals surface area (Å²) in [5, 5.41) is 0. The first-order valence-electron chi connectivity index (χ1n) is 10.4. The molecule has 0 saturated carbocycles. The molecule has 33 heavy (non-hydrogen) atoms. The van der Waals surface area contributed by atoms with Crippen molar-refractivity contribution < 1.29 is 17.6 Å². The maximum absolute atomic E-state index is 13.5. The summed E-state index contributed by atoms with van der Waals surface area (Å²) in [6.07, 6.45) is 1.60. The van der Waals surface area contributed by atoms with Crippen LogP contribution >= 0.6 is 11.3 Å². The van der Waals surface area contributed by atoms with Crippen LogP contribution in [0.25, 0.3) is 10.2 Å². The minimum absolute atomic E-state index is 0.124. The number of nitrogens with zero attached hydrogens (tertiary/aromatic N) is 3. The number of sulfonamides is 1. The molecule has 1 aromatic heterocycles. The quantitative estimate of drug-likeness (QED) is 0.439. The van der Waals surface area contributed by atoms with Gasteiger partial charge in [-0.25, -0.2) is 12.8 Å². The highest BCUT2D eigenvalue weighted by Gasteiger charge is 2.28. The third kappa shape index (κ3) is 3.87. The number of fused-ring (bicyclic) bond motifs is 2. The van der Waals surface area contributed by atoms with Gasteiger partial charge in [-0.3, -0.25) is 9.10 Å². The van der Waals surface area contributed by atoms with E-state index in [0.29, 0.717) is 21.7 Å². The summed E-state index contributed by atoms with van der Waals surface area (Å²) in [5.41, 5.74) is 2.76. The van der Waals surface area contributed by atoms with Crippen LogP contribution in [0.5, 0.6) is 0 Å². The average Bonchev–Trinajstić information content (AvgIpc) is 3.12. The molecular formula is C24H20FN3O3S2. The highest BCUT2D eigenvalue weighted by atomic mass is 32.2. The monoisotopic (exact) mass is 481 g/mol. The van der Waals surface area contributed by atoms with Gasteiger partial charge in [0, 0.05) is 19.2 Å². The fraction of sp³-hybridized carbons (Fsp3) is 0.167. The summed E-state index contributed by atoms with van der Waals surface area (Å²) >= 11 is 1.21. The largest absolute Gasteiger partial charge is 0.319 e. The molecule has 168 valence electrons. The SMILES string of the molecule is Cn1c(=NC(=O)c2ccc(S(=O)(=O)N3CCCc4ccccc43)cc2)sc2cc(F)ccc21. The molecule has 0 aliphatic carbocycles. The topological polar surface area (TPSA) is 71.7 Å². The van der Waals surface area contributed by atoms with Gasteiger partial charge < -0.3 is 4.57 Å². The van der Waals surface area contributed by atoms with E-state index >= 15 is 0 Å². The standard InChI is InChI=1S/C24H20FN3O3S2/c1-27-21-13-10-18(25)15-22(21)32-24(27)26-23(29)17-8-11-19(12-9-17)33(30,31)28-14-4-6-16-5-2-3-7-20(16)28/h2-3,5,7-13,15H,4,6,14H2,1H3. The Morgan fingerprint density at radius 3 is 2.61 bits per heavy atom. The van der Waals surface area contributed by atoms with Gasteiger partial charge in [-0.1, -0.05) is 29.5 Å². The van der Waals surface area contributed by atoms with E-state index in [0.717, 1.165) is 23.9 Å². The number of aryl methyl sites for hydroxylation is 2. The van der Waals surface area contributed by atoms with Crippen LogP contribution in [0.2, 0.25) is 0 Å². The second-order valence-corrected chi connectivity index (χ2v) is 10.7. The first-order valence-corrected chi connectivity index (χ1v) is 12.6. The normalized spacial score (nSPS) is 14.5. The number of aromatic nitrogens is 1. The number of carbonyl (C=O) groups is 1. The van der Waals surface area contributed by atoms with E-state index in [2.05, 4.69) is 4.99 Å². The second-order valence-electron chi connectivity index (χ2n) is 7.81.